The lowest BCUT2D eigenvalue weighted by Gasteiger charge is -2.32. The maximum absolute atomic E-state index is 9.51. The van der Waals surface area contributed by atoms with Crippen LogP contribution in [0.15, 0.2) is 36.9 Å². The monoisotopic (exact) mass is 160 g/mol. The lowest BCUT2D eigenvalue weighted by atomic mass is 9.74. The molecule has 1 N–H and O–H groups in total. The van der Waals surface area contributed by atoms with Gasteiger partial charge in [-0.05, 0) is 17.5 Å². The SMILES string of the molecule is C=CC(O)C1Cc2ccccc21. The van der Waals surface area contributed by atoms with E-state index in [0.29, 0.717) is 5.92 Å². The van der Waals surface area contributed by atoms with Crippen LogP contribution in [0.25, 0.3) is 0 Å². The van der Waals surface area contributed by atoms with Crippen LogP contribution in [0.4, 0.5) is 0 Å². The molecule has 62 valence electrons. The Kier molecular flexibility index (Phi) is 1.74. The first-order valence-electron chi connectivity index (χ1n) is 4.21. The molecular weight excluding hydrogens is 148 g/mol. The first kappa shape index (κ1) is 7.56. The standard InChI is InChI=1S/C11H12O/c1-2-11(12)10-7-8-5-3-4-6-9(8)10/h2-6,10-12H,1,7H2. The van der Waals surface area contributed by atoms with Crippen molar-refractivity contribution in [1.82, 2.24) is 0 Å². The van der Waals surface area contributed by atoms with E-state index in [-0.39, 0.29) is 6.10 Å². The van der Waals surface area contributed by atoms with Gasteiger partial charge >= 0.3 is 0 Å². The van der Waals surface area contributed by atoms with Crippen molar-refractivity contribution in [3.05, 3.63) is 48.0 Å². The van der Waals surface area contributed by atoms with Crippen LogP contribution >= 0.6 is 0 Å². The van der Waals surface area contributed by atoms with E-state index in [9.17, 15) is 5.11 Å². The topological polar surface area (TPSA) is 20.2 Å². The van der Waals surface area contributed by atoms with Crippen LogP contribution in [0.1, 0.15) is 17.0 Å². The largest absolute Gasteiger partial charge is 0.388 e. The Labute approximate surface area is 72.4 Å². The van der Waals surface area contributed by atoms with Crippen molar-refractivity contribution in [3.8, 4) is 0 Å². The van der Waals surface area contributed by atoms with Crippen LogP contribution in [0, 0.1) is 0 Å². The lowest BCUT2D eigenvalue weighted by molar-refractivity contribution is 0.179. The summed E-state index contributed by atoms with van der Waals surface area (Å²) in [5.41, 5.74) is 2.65. The van der Waals surface area contributed by atoms with E-state index in [1.165, 1.54) is 11.1 Å². The minimum Gasteiger partial charge on any atom is -0.388 e. The Bertz CT molecular complexity index is 304. The van der Waals surface area contributed by atoms with Crippen molar-refractivity contribution < 1.29 is 5.11 Å². The zero-order valence-electron chi connectivity index (χ0n) is 6.90. The van der Waals surface area contributed by atoms with Crippen molar-refractivity contribution in [2.45, 2.75) is 18.4 Å². The van der Waals surface area contributed by atoms with Gasteiger partial charge in [0, 0.05) is 5.92 Å². The summed E-state index contributed by atoms with van der Waals surface area (Å²) in [5.74, 6) is 0.290. The van der Waals surface area contributed by atoms with Gasteiger partial charge in [-0.1, -0.05) is 30.3 Å². The zero-order chi connectivity index (χ0) is 8.55. The van der Waals surface area contributed by atoms with Gasteiger partial charge in [-0.15, -0.1) is 6.58 Å². The highest BCUT2D eigenvalue weighted by Gasteiger charge is 2.29. The summed E-state index contributed by atoms with van der Waals surface area (Å²) < 4.78 is 0. The van der Waals surface area contributed by atoms with E-state index in [0.717, 1.165) is 6.42 Å². The Morgan fingerprint density at radius 2 is 2.25 bits per heavy atom. The average molecular weight is 160 g/mol. The summed E-state index contributed by atoms with van der Waals surface area (Å²) >= 11 is 0. The fourth-order valence-electron chi connectivity index (χ4n) is 1.77. The second-order valence-electron chi connectivity index (χ2n) is 3.24. The van der Waals surface area contributed by atoms with Gasteiger partial charge in [-0.2, -0.15) is 0 Å². The molecule has 2 atom stereocenters. The highest BCUT2D eigenvalue weighted by molar-refractivity contribution is 5.41. The maximum Gasteiger partial charge on any atom is 0.0790 e. The molecule has 1 aliphatic carbocycles. The van der Waals surface area contributed by atoms with Gasteiger partial charge in [0.25, 0.3) is 0 Å². The summed E-state index contributed by atoms with van der Waals surface area (Å²) in [6.07, 6.45) is 2.23. The third kappa shape index (κ3) is 0.978. The molecule has 1 heteroatoms. The van der Waals surface area contributed by atoms with Crippen LogP contribution in [-0.4, -0.2) is 11.2 Å². The quantitative estimate of drug-likeness (QED) is 0.655. The predicted molar refractivity (Wildman–Crippen MR) is 49.1 cm³/mol. The Morgan fingerprint density at radius 1 is 1.50 bits per heavy atom. The van der Waals surface area contributed by atoms with E-state index in [1.807, 2.05) is 12.1 Å². The molecule has 2 rings (SSSR count). The van der Waals surface area contributed by atoms with Gasteiger partial charge in [0.15, 0.2) is 0 Å². The minimum absolute atomic E-state index is 0.290. The minimum atomic E-state index is -0.375. The molecule has 1 nitrogen and oxygen atoms in total. The third-order valence-corrected chi connectivity index (χ3v) is 2.55. The molecule has 0 aromatic heterocycles. The molecule has 0 amide bonds. The number of fused-ring (bicyclic) bond motifs is 1. The van der Waals surface area contributed by atoms with E-state index in [2.05, 4.69) is 18.7 Å². The molecule has 0 saturated heterocycles. The molecule has 2 unspecified atom stereocenters. The van der Waals surface area contributed by atoms with Gasteiger partial charge in [0.1, 0.15) is 0 Å². The molecule has 0 heterocycles. The molecule has 0 bridgehead atoms. The zero-order valence-corrected chi connectivity index (χ0v) is 6.90. The van der Waals surface area contributed by atoms with Gasteiger partial charge < -0.3 is 5.11 Å². The van der Waals surface area contributed by atoms with Crippen molar-refractivity contribution in [1.29, 1.82) is 0 Å². The van der Waals surface area contributed by atoms with Crippen molar-refractivity contribution in [2.24, 2.45) is 0 Å². The molecule has 0 spiro atoms. The van der Waals surface area contributed by atoms with Gasteiger partial charge in [0.2, 0.25) is 0 Å². The molecular formula is C11H12O. The smallest absolute Gasteiger partial charge is 0.0790 e. The summed E-state index contributed by atoms with van der Waals surface area (Å²) in [6, 6.07) is 8.24. The number of rotatable bonds is 2. The van der Waals surface area contributed by atoms with Crippen LogP contribution in [0.3, 0.4) is 0 Å². The number of aliphatic hydroxyl groups excluding tert-OH is 1. The molecule has 12 heavy (non-hydrogen) atoms. The Morgan fingerprint density at radius 3 is 2.92 bits per heavy atom. The second kappa shape index (κ2) is 2.76. The fourth-order valence-corrected chi connectivity index (χ4v) is 1.77. The van der Waals surface area contributed by atoms with E-state index in [4.69, 9.17) is 0 Å². The number of hydrogen-bond donors (Lipinski definition) is 1. The molecule has 0 radical (unpaired) electrons. The van der Waals surface area contributed by atoms with E-state index < -0.39 is 0 Å². The van der Waals surface area contributed by atoms with Crippen LogP contribution in [0.5, 0.6) is 0 Å². The molecule has 1 aliphatic rings. The maximum atomic E-state index is 9.51. The van der Waals surface area contributed by atoms with Crippen molar-refractivity contribution in [2.75, 3.05) is 0 Å². The first-order chi connectivity index (χ1) is 5.83. The predicted octanol–water partition coefficient (Wildman–Crippen LogP) is 1.87. The molecule has 0 aliphatic heterocycles. The number of aliphatic hydroxyl groups is 1. The molecule has 1 aromatic carbocycles. The molecule has 0 saturated carbocycles. The van der Waals surface area contributed by atoms with E-state index in [1.54, 1.807) is 6.08 Å². The fraction of sp³-hybridized carbons (Fsp3) is 0.273. The average Bonchev–Trinajstić information content (AvgIpc) is 2.07. The highest BCUT2D eigenvalue weighted by Crippen LogP contribution is 2.37. The molecule has 0 fully saturated rings. The number of benzene rings is 1. The van der Waals surface area contributed by atoms with E-state index >= 15 is 0 Å². The summed E-state index contributed by atoms with van der Waals surface area (Å²) in [4.78, 5) is 0. The summed E-state index contributed by atoms with van der Waals surface area (Å²) in [7, 11) is 0. The summed E-state index contributed by atoms with van der Waals surface area (Å²) in [5, 5.41) is 9.51. The summed E-state index contributed by atoms with van der Waals surface area (Å²) in [6.45, 7) is 3.59. The van der Waals surface area contributed by atoms with Crippen molar-refractivity contribution >= 4 is 0 Å². The Hall–Kier alpha value is -1.08. The van der Waals surface area contributed by atoms with Crippen LogP contribution < -0.4 is 0 Å². The first-order valence-corrected chi connectivity index (χ1v) is 4.21. The number of hydrogen-bond acceptors (Lipinski definition) is 1. The van der Waals surface area contributed by atoms with Crippen LogP contribution in [0.2, 0.25) is 0 Å². The second-order valence-corrected chi connectivity index (χ2v) is 3.24. The molecule has 1 aromatic rings. The van der Waals surface area contributed by atoms with Gasteiger partial charge in [-0.25, -0.2) is 0 Å². The van der Waals surface area contributed by atoms with Crippen molar-refractivity contribution in [3.63, 3.8) is 0 Å². The lowest BCUT2D eigenvalue weighted by Crippen LogP contribution is -2.27. The third-order valence-electron chi connectivity index (χ3n) is 2.55. The van der Waals surface area contributed by atoms with Gasteiger partial charge in [0.05, 0.1) is 6.10 Å². The highest BCUT2D eigenvalue weighted by atomic mass is 16.3. The van der Waals surface area contributed by atoms with Crippen LogP contribution in [-0.2, 0) is 6.42 Å². The Balaban J connectivity index is 2.25. The van der Waals surface area contributed by atoms with Gasteiger partial charge in [-0.3, -0.25) is 0 Å². The normalized spacial score (nSPS) is 22.2.